The van der Waals surface area contributed by atoms with Crippen molar-refractivity contribution in [1.29, 1.82) is 5.26 Å². The van der Waals surface area contributed by atoms with Crippen LogP contribution in [0.4, 0.5) is 4.79 Å². The first-order chi connectivity index (χ1) is 7.27. The molecule has 0 saturated heterocycles. The molecule has 0 aliphatic carbocycles. The third-order valence-electron chi connectivity index (χ3n) is 2.42. The second-order valence-electron chi connectivity index (χ2n) is 3.20. The van der Waals surface area contributed by atoms with Crippen LogP contribution in [0.2, 0.25) is 0 Å². The Balaban J connectivity index is 2.38. The number of benzene rings is 1. The lowest BCUT2D eigenvalue weighted by Crippen LogP contribution is -2.27. The topological polar surface area (TPSA) is 53.3 Å². The van der Waals surface area contributed by atoms with E-state index in [9.17, 15) is 4.79 Å². The van der Waals surface area contributed by atoms with Crippen LogP contribution in [0.15, 0.2) is 24.3 Å². The highest BCUT2D eigenvalue weighted by Gasteiger charge is 2.34. The van der Waals surface area contributed by atoms with E-state index in [4.69, 9.17) is 5.26 Å². The van der Waals surface area contributed by atoms with Gasteiger partial charge in [-0.3, -0.25) is 4.90 Å². The van der Waals surface area contributed by atoms with Crippen molar-refractivity contribution in [2.75, 3.05) is 0 Å². The Morgan fingerprint density at radius 3 is 3.00 bits per heavy atom. The van der Waals surface area contributed by atoms with Crippen LogP contribution in [0.5, 0.6) is 0 Å². The number of hydrogen-bond acceptors (Lipinski definition) is 3. The van der Waals surface area contributed by atoms with Crippen molar-refractivity contribution in [2.24, 2.45) is 0 Å². The monoisotopic (exact) mass is 266 g/mol. The number of nitriles is 1. The van der Waals surface area contributed by atoms with Crippen molar-refractivity contribution in [2.45, 2.75) is 12.6 Å². The Bertz CT molecular complexity index is 441. The van der Waals surface area contributed by atoms with E-state index in [1.165, 1.54) is 4.90 Å². The van der Waals surface area contributed by atoms with Crippen LogP contribution >= 0.6 is 16.3 Å². The van der Waals surface area contributed by atoms with Gasteiger partial charge in [0.25, 0.3) is 0 Å². The minimum absolute atomic E-state index is 0.416. The Morgan fingerprint density at radius 1 is 1.60 bits per heavy atom. The average Bonchev–Trinajstić information content (AvgIpc) is 2.66. The van der Waals surface area contributed by atoms with Crippen LogP contribution in [-0.4, -0.2) is 11.0 Å². The molecular weight excluding hydrogens is 260 g/mol. The fraction of sp³-hybridized carbons (Fsp3) is 0.200. The molecule has 0 aromatic heterocycles. The van der Waals surface area contributed by atoms with Gasteiger partial charge in [0, 0.05) is 0 Å². The van der Waals surface area contributed by atoms with Crippen LogP contribution < -0.4 is 0 Å². The summed E-state index contributed by atoms with van der Waals surface area (Å²) in [7, 11) is 0. The molecule has 1 amide bonds. The van der Waals surface area contributed by atoms with Gasteiger partial charge in [0.2, 0.25) is 0 Å². The lowest BCUT2D eigenvalue weighted by Gasteiger charge is -2.16. The van der Waals surface area contributed by atoms with E-state index >= 15 is 0 Å². The summed E-state index contributed by atoms with van der Waals surface area (Å²) in [5.41, 5.74) is 1.86. The SMILES string of the molecule is N#CC1c2ccccc2CN1C(=O)OBr. The Labute approximate surface area is 95.5 Å². The maximum absolute atomic E-state index is 11.4. The summed E-state index contributed by atoms with van der Waals surface area (Å²) in [5.74, 6) is 0. The summed E-state index contributed by atoms with van der Waals surface area (Å²) in [6.45, 7) is 0.416. The Kier molecular flexibility index (Phi) is 2.60. The molecule has 1 heterocycles. The summed E-state index contributed by atoms with van der Waals surface area (Å²) in [6.07, 6.45) is -0.544. The summed E-state index contributed by atoms with van der Waals surface area (Å²) in [5, 5.41) is 9.01. The van der Waals surface area contributed by atoms with Crippen molar-refractivity contribution in [3.8, 4) is 6.07 Å². The van der Waals surface area contributed by atoms with Gasteiger partial charge in [-0.25, -0.2) is 4.79 Å². The minimum Gasteiger partial charge on any atom is -0.367 e. The zero-order valence-electron chi connectivity index (χ0n) is 7.68. The average molecular weight is 267 g/mol. The number of amides is 1. The lowest BCUT2D eigenvalue weighted by atomic mass is 10.1. The molecule has 4 nitrogen and oxygen atoms in total. The molecule has 15 heavy (non-hydrogen) atoms. The highest BCUT2D eigenvalue weighted by Crippen LogP contribution is 2.33. The molecule has 1 aliphatic heterocycles. The molecule has 5 heteroatoms. The van der Waals surface area contributed by atoms with E-state index in [1.54, 1.807) is 0 Å². The van der Waals surface area contributed by atoms with Gasteiger partial charge in [-0.2, -0.15) is 5.26 Å². The molecule has 1 aromatic rings. The molecule has 1 aromatic carbocycles. The summed E-state index contributed by atoms with van der Waals surface area (Å²) >= 11 is 2.63. The predicted octanol–water partition coefficient (Wildman–Crippen LogP) is 2.51. The lowest BCUT2D eigenvalue weighted by molar-refractivity contribution is 0.156. The highest BCUT2D eigenvalue weighted by molar-refractivity contribution is 9.06. The molecule has 1 unspecified atom stereocenters. The number of halogens is 1. The van der Waals surface area contributed by atoms with E-state index < -0.39 is 12.1 Å². The van der Waals surface area contributed by atoms with Crippen molar-refractivity contribution in [1.82, 2.24) is 4.90 Å². The fourth-order valence-corrected chi connectivity index (χ4v) is 1.93. The van der Waals surface area contributed by atoms with Gasteiger partial charge in [0.1, 0.15) is 6.04 Å². The first kappa shape index (κ1) is 9.99. The van der Waals surface area contributed by atoms with E-state index in [2.05, 4.69) is 26.2 Å². The van der Waals surface area contributed by atoms with Crippen LogP contribution in [0.25, 0.3) is 0 Å². The van der Waals surface area contributed by atoms with Crippen molar-refractivity contribution < 1.29 is 8.62 Å². The standard InChI is InChI=1S/C10H7BrN2O2/c11-15-10(14)13-6-7-3-1-2-4-8(7)9(13)5-12/h1-4,9H,6H2. The third kappa shape index (κ3) is 1.57. The molecule has 1 atom stereocenters. The first-order valence-electron chi connectivity index (χ1n) is 4.34. The number of hydrogen-bond donors (Lipinski definition) is 0. The van der Waals surface area contributed by atoms with Gasteiger partial charge < -0.3 is 3.83 Å². The summed E-state index contributed by atoms with van der Waals surface area (Å²) in [6, 6.07) is 9.03. The normalized spacial score (nSPS) is 18.1. The van der Waals surface area contributed by atoms with Crippen molar-refractivity contribution in [3.63, 3.8) is 0 Å². The Hall–Kier alpha value is -1.54. The maximum Gasteiger partial charge on any atom is 0.423 e. The van der Waals surface area contributed by atoms with Crippen LogP contribution in [0, 0.1) is 11.3 Å². The van der Waals surface area contributed by atoms with Gasteiger partial charge in [0.05, 0.1) is 12.6 Å². The van der Waals surface area contributed by atoms with Gasteiger partial charge in [-0.05, 0) is 11.1 Å². The molecule has 0 spiro atoms. The molecule has 0 bridgehead atoms. The van der Waals surface area contributed by atoms with E-state index in [-0.39, 0.29) is 0 Å². The van der Waals surface area contributed by atoms with Crippen LogP contribution in [0.3, 0.4) is 0 Å². The van der Waals surface area contributed by atoms with Gasteiger partial charge in [0.15, 0.2) is 16.3 Å². The van der Waals surface area contributed by atoms with Crippen molar-refractivity contribution in [3.05, 3.63) is 35.4 Å². The molecule has 2 rings (SSSR count). The molecule has 76 valence electrons. The number of carbonyl (C=O) groups is 1. The highest BCUT2D eigenvalue weighted by atomic mass is 79.9. The number of nitrogens with zero attached hydrogens (tertiary/aromatic N) is 2. The van der Waals surface area contributed by atoms with Gasteiger partial charge in [-0.1, -0.05) is 24.3 Å². The molecule has 0 fully saturated rings. The smallest absolute Gasteiger partial charge is 0.367 e. The molecular formula is C10H7BrN2O2. The maximum atomic E-state index is 11.4. The Morgan fingerprint density at radius 2 is 2.33 bits per heavy atom. The third-order valence-corrected chi connectivity index (χ3v) is 2.70. The van der Waals surface area contributed by atoms with Crippen LogP contribution in [0.1, 0.15) is 17.2 Å². The second-order valence-corrected chi connectivity index (χ2v) is 3.53. The molecule has 0 radical (unpaired) electrons. The quantitative estimate of drug-likeness (QED) is 0.725. The number of fused-ring (bicyclic) bond motifs is 1. The molecule has 0 saturated carbocycles. The summed E-state index contributed by atoms with van der Waals surface area (Å²) < 4.78 is 4.45. The van der Waals surface area contributed by atoms with Gasteiger partial charge in [-0.15, -0.1) is 0 Å². The summed E-state index contributed by atoms with van der Waals surface area (Å²) in [4.78, 5) is 12.7. The zero-order valence-corrected chi connectivity index (χ0v) is 9.27. The van der Waals surface area contributed by atoms with Crippen LogP contribution in [-0.2, 0) is 10.4 Å². The number of carbonyl (C=O) groups excluding carboxylic acids is 1. The predicted molar refractivity (Wildman–Crippen MR) is 55.7 cm³/mol. The number of rotatable bonds is 0. The first-order valence-corrected chi connectivity index (χ1v) is 4.99. The fourth-order valence-electron chi connectivity index (χ4n) is 1.74. The second kappa shape index (κ2) is 3.91. The molecule has 1 aliphatic rings. The van der Waals surface area contributed by atoms with E-state index in [0.717, 1.165) is 11.1 Å². The minimum atomic E-state index is -0.550. The van der Waals surface area contributed by atoms with E-state index in [0.29, 0.717) is 6.54 Å². The molecule has 0 N–H and O–H groups in total. The van der Waals surface area contributed by atoms with Gasteiger partial charge >= 0.3 is 6.09 Å². The van der Waals surface area contributed by atoms with Crippen molar-refractivity contribution >= 4 is 22.4 Å². The zero-order chi connectivity index (χ0) is 10.8. The largest absolute Gasteiger partial charge is 0.423 e. The van der Waals surface area contributed by atoms with E-state index in [1.807, 2.05) is 24.3 Å².